The third kappa shape index (κ3) is 1.35. The van der Waals surface area contributed by atoms with Crippen LogP contribution in [0.15, 0.2) is 35.9 Å². The van der Waals surface area contributed by atoms with E-state index in [1.165, 1.54) is 0 Å². The number of ether oxygens (including phenoxy) is 1. The van der Waals surface area contributed by atoms with E-state index in [9.17, 15) is 14.7 Å². The van der Waals surface area contributed by atoms with Crippen molar-refractivity contribution < 1.29 is 23.9 Å². The van der Waals surface area contributed by atoms with Gasteiger partial charge in [0.15, 0.2) is 6.04 Å². The fourth-order valence-corrected chi connectivity index (χ4v) is 7.78. The lowest BCUT2D eigenvalue weighted by atomic mass is 9.42. The molecule has 1 unspecified atom stereocenters. The molecule has 1 aliphatic carbocycles. The van der Waals surface area contributed by atoms with Crippen LogP contribution in [0, 0.1) is 11.3 Å². The number of hydrogen-bond acceptors (Lipinski definition) is 4. The van der Waals surface area contributed by atoms with Gasteiger partial charge in [0.1, 0.15) is 6.54 Å². The summed E-state index contributed by atoms with van der Waals surface area (Å²) >= 11 is 0. The summed E-state index contributed by atoms with van der Waals surface area (Å²) in [5.74, 6) is -1.02. The predicted octanol–water partition coefficient (Wildman–Crippen LogP) is 1.92. The zero-order valence-corrected chi connectivity index (χ0v) is 16.2. The van der Waals surface area contributed by atoms with Gasteiger partial charge >= 0.3 is 5.97 Å². The molecule has 7 rings (SSSR count). The van der Waals surface area contributed by atoms with Gasteiger partial charge in [-0.25, -0.2) is 0 Å². The smallest absolute Gasteiger partial charge is 0.311 e. The van der Waals surface area contributed by atoms with Crippen molar-refractivity contribution in [2.45, 2.75) is 36.9 Å². The van der Waals surface area contributed by atoms with Gasteiger partial charge in [-0.2, -0.15) is 0 Å². The molecule has 6 aliphatic rings. The Balaban J connectivity index is 1.80. The molecule has 5 fully saturated rings. The Morgan fingerprint density at radius 2 is 2.14 bits per heavy atom. The first kappa shape index (κ1) is 16.7. The van der Waals surface area contributed by atoms with E-state index in [-0.39, 0.29) is 24.3 Å². The number of carboxylic acid groups (broad SMARTS) is 1. The largest absolute Gasteiger partial charge is 0.481 e. The molecule has 6 heteroatoms. The van der Waals surface area contributed by atoms with Crippen LogP contribution in [-0.2, 0) is 19.7 Å². The van der Waals surface area contributed by atoms with Crippen molar-refractivity contribution in [3.63, 3.8) is 0 Å². The maximum atomic E-state index is 14.2. The highest BCUT2D eigenvalue weighted by Gasteiger charge is 2.87. The van der Waals surface area contributed by atoms with Crippen LogP contribution in [0.1, 0.15) is 25.3 Å². The number of carbonyl (C=O) groups is 2. The summed E-state index contributed by atoms with van der Waals surface area (Å²) < 4.78 is 6.91. The number of aliphatic carboxylic acids is 1. The van der Waals surface area contributed by atoms with Gasteiger partial charge in [-0.05, 0) is 30.5 Å². The van der Waals surface area contributed by atoms with Crippen molar-refractivity contribution in [2.24, 2.45) is 11.3 Å². The number of benzene rings is 1. The molecule has 1 aromatic rings. The molecule has 5 aliphatic heterocycles. The van der Waals surface area contributed by atoms with Crippen molar-refractivity contribution in [1.82, 2.24) is 0 Å². The van der Waals surface area contributed by atoms with Crippen molar-refractivity contribution in [2.75, 3.05) is 32.1 Å². The second kappa shape index (κ2) is 4.69. The monoisotopic (exact) mass is 381 g/mol. The first-order valence-corrected chi connectivity index (χ1v) is 10.2. The van der Waals surface area contributed by atoms with Crippen LogP contribution < -0.4 is 5.32 Å². The van der Waals surface area contributed by atoms with E-state index in [1.807, 2.05) is 31.2 Å². The number of para-hydroxylation sites is 1. The molecule has 0 radical (unpaired) electrons. The number of Topliss-reactive ketones (excluding diaryl/α,β-unsaturated/α-hetero) is 1. The van der Waals surface area contributed by atoms with Gasteiger partial charge in [0.25, 0.3) is 0 Å². The lowest BCUT2D eigenvalue weighted by Crippen LogP contribution is -2.79. The van der Waals surface area contributed by atoms with Crippen LogP contribution in [0.4, 0.5) is 5.69 Å². The van der Waals surface area contributed by atoms with Crippen LogP contribution in [0.5, 0.6) is 0 Å². The average molecular weight is 381 g/mol. The van der Waals surface area contributed by atoms with Crippen molar-refractivity contribution in [1.29, 1.82) is 0 Å². The number of fused-ring (bicyclic) bond motifs is 2. The van der Waals surface area contributed by atoms with E-state index >= 15 is 0 Å². The topological polar surface area (TPSA) is 75.6 Å². The molecule has 2 N–H and O–H groups in total. The number of carbonyl (C=O) groups excluding carboxylic acids is 1. The van der Waals surface area contributed by atoms with Crippen molar-refractivity contribution in [3.8, 4) is 0 Å². The van der Waals surface area contributed by atoms with E-state index in [0.717, 1.165) is 29.9 Å². The predicted molar refractivity (Wildman–Crippen MR) is 102 cm³/mol. The summed E-state index contributed by atoms with van der Waals surface area (Å²) in [6.07, 6.45) is 3.14. The Morgan fingerprint density at radius 1 is 1.36 bits per heavy atom. The molecule has 0 aromatic heterocycles. The van der Waals surface area contributed by atoms with Crippen molar-refractivity contribution >= 4 is 17.4 Å². The second-order valence-electron chi connectivity index (χ2n) is 9.39. The summed E-state index contributed by atoms with van der Waals surface area (Å²) in [6.45, 7) is 3.80. The number of nitrogens with one attached hydrogen (secondary N) is 1. The van der Waals surface area contributed by atoms with Gasteiger partial charge in [-0.3, -0.25) is 9.59 Å². The Labute approximate surface area is 163 Å². The van der Waals surface area contributed by atoms with Crippen LogP contribution in [0.3, 0.4) is 0 Å². The van der Waals surface area contributed by atoms with Gasteiger partial charge in [-0.1, -0.05) is 24.3 Å². The Hall–Kier alpha value is -2.18. The average Bonchev–Trinajstić information content (AvgIpc) is 3.09. The Morgan fingerprint density at radius 3 is 2.89 bits per heavy atom. The highest BCUT2D eigenvalue weighted by Crippen LogP contribution is 2.73. The second-order valence-corrected chi connectivity index (χ2v) is 9.39. The minimum Gasteiger partial charge on any atom is -0.481 e. The molecular weight excluding hydrogens is 356 g/mol. The number of quaternary nitrogens is 1. The molecule has 1 aromatic carbocycles. The van der Waals surface area contributed by atoms with Crippen LogP contribution in [0.25, 0.3) is 0 Å². The molecule has 28 heavy (non-hydrogen) atoms. The van der Waals surface area contributed by atoms with E-state index < -0.39 is 22.5 Å². The van der Waals surface area contributed by atoms with E-state index in [2.05, 4.69) is 18.4 Å². The molecule has 5 heterocycles. The molecule has 1 spiro atoms. The number of ketones is 1. The maximum Gasteiger partial charge on any atom is 0.311 e. The molecule has 1 saturated carbocycles. The number of hydrogen-bond donors (Lipinski definition) is 2. The Bertz CT molecular complexity index is 989. The first-order valence-electron chi connectivity index (χ1n) is 10.2. The third-order valence-electron chi connectivity index (χ3n) is 8.70. The fourth-order valence-electron chi connectivity index (χ4n) is 7.78. The van der Waals surface area contributed by atoms with Gasteiger partial charge < -0.3 is 19.6 Å². The quantitative estimate of drug-likeness (QED) is 0.574. The zero-order chi connectivity index (χ0) is 19.5. The SMILES string of the molecule is C/C=C1/C[N+]2(C)CC[C@]34c5ccccc5N[C@]35OCC[C@]4(C(=O)O)[C@H]1[C@H]2C5=O. The van der Waals surface area contributed by atoms with Crippen LogP contribution in [-0.4, -0.2) is 59.9 Å². The summed E-state index contributed by atoms with van der Waals surface area (Å²) in [7, 11) is 2.12. The maximum absolute atomic E-state index is 14.2. The number of likely N-dealkylation sites (N-methyl/N-ethyl adjacent to an activating group) is 1. The number of rotatable bonds is 1. The zero-order valence-electron chi connectivity index (χ0n) is 16.2. The summed E-state index contributed by atoms with van der Waals surface area (Å²) in [5.41, 5.74) is -0.280. The normalized spacial score (nSPS) is 48.8. The minimum atomic E-state index is -1.27. The minimum absolute atomic E-state index is 0.0436. The summed E-state index contributed by atoms with van der Waals surface area (Å²) in [5, 5.41) is 14.3. The molecule has 6 bridgehead atoms. The van der Waals surface area contributed by atoms with E-state index in [1.54, 1.807) is 0 Å². The lowest BCUT2D eigenvalue weighted by Gasteiger charge is -2.61. The highest BCUT2D eigenvalue weighted by molar-refractivity contribution is 6.04. The van der Waals surface area contributed by atoms with E-state index in [4.69, 9.17) is 4.74 Å². The molecule has 6 nitrogen and oxygen atoms in total. The van der Waals surface area contributed by atoms with Crippen LogP contribution >= 0.6 is 0 Å². The van der Waals surface area contributed by atoms with E-state index in [0.29, 0.717) is 17.3 Å². The summed E-state index contributed by atoms with van der Waals surface area (Å²) in [6, 6.07) is 7.47. The number of nitrogens with zero attached hydrogens (tertiary/aromatic N) is 1. The van der Waals surface area contributed by atoms with Gasteiger partial charge in [0, 0.05) is 12.1 Å². The highest BCUT2D eigenvalue weighted by atomic mass is 16.5. The first-order chi connectivity index (χ1) is 13.4. The van der Waals surface area contributed by atoms with Crippen LogP contribution in [0.2, 0.25) is 0 Å². The third-order valence-corrected chi connectivity index (χ3v) is 8.70. The molecule has 4 saturated heterocycles. The number of allylic oxidation sites excluding steroid dienone is 1. The number of carboxylic acids is 1. The Kier molecular flexibility index (Phi) is 2.80. The molecule has 146 valence electrons. The lowest BCUT2D eigenvalue weighted by molar-refractivity contribution is -0.911. The summed E-state index contributed by atoms with van der Waals surface area (Å²) in [4.78, 5) is 27.4. The van der Waals surface area contributed by atoms with Gasteiger partial charge in [-0.15, -0.1) is 0 Å². The molecular formula is C22H25N2O4+. The fraction of sp³-hybridized carbons (Fsp3) is 0.545. The van der Waals surface area contributed by atoms with Gasteiger partial charge in [0.05, 0.1) is 36.9 Å². The van der Waals surface area contributed by atoms with Gasteiger partial charge in [0.2, 0.25) is 11.5 Å². The number of anilines is 1. The molecule has 6 atom stereocenters. The molecule has 0 amide bonds. The van der Waals surface area contributed by atoms with Crippen molar-refractivity contribution in [3.05, 3.63) is 41.5 Å². The standard InChI is InChI=1S/C22H24N2O4/c1-3-13-12-24(2)10-8-21-14-6-4-5-7-15(14)23-22(21)18(25)17(24)16(13)20(21,19(26)27)9-11-28-22/h3-7,16-17,23H,8-12H2,1-2H3/p+1/b13-3-/t16-,17+,20-,21-,22-,24?/m1/s1.